The number of benzene rings is 1. The maximum Gasteiger partial charge on any atom is 0.231 e. The number of nitrogens with zero attached hydrogens (tertiary/aromatic N) is 1. The summed E-state index contributed by atoms with van der Waals surface area (Å²) in [6.07, 6.45) is -0.531. The van der Waals surface area contributed by atoms with E-state index in [1.807, 2.05) is 18.2 Å². The standard InChI is InChI=1S/C12H15NO3Si/c1-17(2,3)16-12(7-13)9-4-5-10-11(6-9)15-8-14-10/h4-6,12H,8H2,1-3H3. The van der Waals surface area contributed by atoms with Crippen LogP contribution in [0.25, 0.3) is 0 Å². The molecule has 0 amide bonds. The topological polar surface area (TPSA) is 51.5 Å². The van der Waals surface area contributed by atoms with Crippen LogP contribution in [0.3, 0.4) is 0 Å². The number of nitriles is 1. The summed E-state index contributed by atoms with van der Waals surface area (Å²) in [5, 5.41) is 9.17. The molecule has 1 aromatic carbocycles. The van der Waals surface area contributed by atoms with Gasteiger partial charge in [-0.15, -0.1) is 0 Å². The molecule has 1 heterocycles. The van der Waals surface area contributed by atoms with Gasteiger partial charge in [-0.05, 0) is 37.3 Å². The van der Waals surface area contributed by atoms with E-state index in [0.29, 0.717) is 5.75 Å². The lowest BCUT2D eigenvalue weighted by Gasteiger charge is -2.21. The van der Waals surface area contributed by atoms with Crippen molar-refractivity contribution in [1.29, 1.82) is 5.26 Å². The fourth-order valence-corrected chi connectivity index (χ4v) is 2.49. The van der Waals surface area contributed by atoms with Crippen LogP contribution in [0.4, 0.5) is 0 Å². The van der Waals surface area contributed by atoms with Gasteiger partial charge in [-0.25, -0.2) is 0 Å². The SMILES string of the molecule is C[Si](C)(C)OC(C#N)c1ccc2c(c1)OCO2. The molecule has 0 N–H and O–H groups in total. The van der Waals surface area contributed by atoms with Gasteiger partial charge in [0, 0.05) is 0 Å². The van der Waals surface area contributed by atoms with Crippen molar-refractivity contribution in [1.82, 2.24) is 0 Å². The van der Waals surface area contributed by atoms with E-state index in [4.69, 9.17) is 19.2 Å². The summed E-state index contributed by atoms with van der Waals surface area (Å²) < 4.78 is 16.3. The largest absolute Gasteiger partial charge is 0.454 e. The van der Waals surface area contributed by atoms with Gasteiger partial charge in [-0.3, -0.25) is 0 Å². The smallest absolute Gasteiger partial charge is 0.231 e. The average molecular weight is 249 g/mol. The minimum Gasteiger partial charge on any atom is -0.454 e. The van der Waals surface area contributed by atoms with Crippen molar-refractivity contribution in [3.8, 4) is 17.6 Å². The van der Waals surface area contributed by atoms with Gasteiger partial charge in [0.25, 0.3) is 0 Å². The predicted molar refractivity (Wildman–Crippen MR) is 65.4 cm³/mol. The van der Waals surface area contributed by atoms with E-state index >= 15 is 0 Å². The summed E-state index contributed by atoms with van der Waals surface area (Å²) in [5.74, 6) is 1.40. The molecule has 0 spiro atoms. The Hall–Kier alpha value is -1.51. The maximum atomic E-state index is 9.17. The first-order chi connectivity index (χ1) is 7.99. The zero-order chi connectivity index (χ0) is 12.5. The van der Waals surface area contributed by atoms with Gasteiger partial charge >= 0.3 is 0 Å². The summed E-state index contributed by atoms with van der Waals surface area (Å²) in [5.41, 5.74) is 0.819. The van der Waals surface area contributed by atoms with Crippen LogP contribution >= 0.6 is 0 Å². The van der Waals surface area contributed by atoms with Crippen molar-refractivity contribution in [2.45, 2.75) is 25.7 Å². The summed E-state index contributed by atoms with van der Waals surface area (Å²) in [4.78, 5) is 0. The molecule has 0 fully saturated rings. The molecule has 90 valence electrons. The van der Waals surface area contributed by atoms with E-state index in [9.17, 15) is 0 Å². The molecule has 0 saturated carbocycles. The third-order valence-electron chi connectivity index (χ3n) is 2.29. The highest BCUT2D eigenvalue weighted by atomic mass is 28.4. The average Bonchev–Trinajstić information content (AvgIpc) is 2.71. The molecular weight excluding hydrogens is 234 g/mol. The van der Waals surface area contributed by atoms with Gasteiger partial charge in [0.2, 0.25) is 6.79 Å². The lowest BCUT2D eigenvalue weighted by molar-refractivity contribution is 0.173. The normalized spacial score (nSPS) is 15.4. The van der Waals surface area contributed by atoms with Gasteiger partial charge in [0.05, 0.1) is 6.07 Å². The van der Waals surface area contributed by atoms with Crippen LogP contribution in [0.15, 0.2) is 18.2 Å². The van der Waals surface area contributed by atoms with E-state index in [-0.39, 0.29) is 6.79 Å². The molecule has 0 aliphatic carbocycles. The van der Waals surface area contributed by atoms with Crippen LogP contribution in [0.2, 0.25) is 19.6 Å². The lowest BCUT2D eigenvalue weighted by Crippen LogP contribution is -2.27. The number of ether oxygens (including phenoxy) is 2. The van der Waals surface area contributed by atoms with Gasteiger partial charge in [0.15, 0.2) is 25.9 Å². The molecule has 0 radical (unpaired) electrons. The Morgan fingerprint density at radius 2 is 2.00 bits per heavy atom. The first kappa shape index (κ1) is 12.0. The number of hydrogen-bond donors (Lipinski definition) is 0. The summed E-state index contributed by atoms with van der Waals surface area (Å²) in [7, 11) is -1.74. The van der Waals surface area contributed by atoms with E-state index in [1.165, 1.54) is 0 Å². The minimum atomic E-state index is -1.74. The monoisotopic (exact) mass is 249 g/mol. The van der Waals surface area contributed by atoms with Crippen molar-refractivity contribution in [3.05, 3.63) is 23.8 Å². The first-order valence-electron chi connectivity index (χ1n) is 5.46. The molecule has 1 aromatic rings. The van der Waals surface area contributed by atoms with Crippen LogP contribution < -0.4 is 9.47 Å². The second-order valence-corrected chi connectivity index (χ2v) is 9.31. The summed E-state index contributed by atoms with van der Waals surface area (Å²) in [6, 6.07) is 7.66. The Balaban J connectivity index is 2.24. The fourth-order valence-electron chi connectivity index (χ4n) is 1.60. The first-order valence-corrected chi connectivity index (χ1v) is 8.87. The van der Waals surface area contributed by atoms with Crippen molar-refractivity contribution in [2.75, 3.05) is 6.79 Å². The second kappa shape index (κ2) is 4.39. The third kappa shape index (κ3) is 2.78. The summed E-state index contributed by atoms with van der Waals surface area (Å²) >= 11 is 0. The van der Waals surface area contributed by atoms with Crippen molar-refractivity contribution in [3.63, 3.8) is 0 Å². The highest BCUT2D eigenvalue weighted by Gasteiger charge is 2.24. The van der Waals surface area contributed by atoms with Crippen LogP contribution in [-0.4, -0.2) is 15.1 Å². The fraction of sp³-hybridized carbons (Fsp3) is 0.417. The second-order valence-electron chi connectivity index (χ2n) is 4.85. The molecule has 1 aliphatic rings. The minimum absolute atomic E-state index is 0.241. The van der Waals surface area contributed by atoms with E-state index in [1.54, 1.807) is 0 Å². The molecule has 1 aliphatic heterocycles. The predicted octanol–water partition coefficient (Wildman–Crippen LogP) is 2.83. The van der Waals surface area contributed by atoms with Gasteiger partial charge in [-0.1, -0.05) is 6.07 Å². The van der Waals surface area contributed by atoms with Gasteiger partial charge < -0.3 is 13.9 Å². The lowest BCUT2D eigenvalue weighted by atomic mass is 10.1. The zero-order valence-electron chi connectivity index (χ0n) is 10.2. The molecule has 0 saturated heterocycles. The van der Waals surface area contributed by atoms with Gasteiger partial charge in [0.1, 0.15) is 0 Å². The molecule has 1 unspecified atom stereocenters. The number of fused-ring (bicyclic) bond motifs is 1. The number of rotatable bonds is 3. The Morgan fingerprint density at radius 3 is 2.65 bits per heavy atom. The van der Waals surface area contributed by atoms with Crippen molar-refractivity contribution < 1.29 is 13.9 Å². The molecule has 0 aromatic heterocycles. The Morgan fingerprint density at radius 1 is 1.29 bits per heavy atom. The Kier molecular flexibility index (Phi) is 3.09. The molecule has 1 atom stereocenters. The van der Waals surface area contributed by atoms with E-state index < -0.39 is 14.4 Å². The van der Waals surface area contributed by atoms with Crippen LogP contribution in [0, 0.1) is 11.3 Å². The molecule has 2 rings (SSSR count). The number of hydrogen-bond acceptors (Lipinski definition) is 4. The van der Waals surface area contributed by atoms with Crippen LogP contribution in [0.5, 0.6) is 11.5 Å². The molecule has 0 bridgehead atoms. The Bertz CT molecular complexity index is 462. The van der Waals surface area contributed by atoms with Crippen LogP contribution in [0.1, 0.15) is 11.7 Å². The third-order valence-corrected chi connectivity index (χ3v) is 3.23. The zero-order valence-corrected chi connectivity index (χ0v) is 11.2. The Labute approximate surface area is 102 Å². The summed E-state index contributed by atoms with van der Waals surface area (Å²) in [6.45, 7) is 6.42. The maximum absolute atomic E-state index is 9.17. The highest BCUT2D eigenvalue weighted by Crippen LogP contribution is 2.35. The quantitative estimate of drug-likeness (QED) is 0.773. The molecular formula is C12H15NO3Si. The van der Waals surface area contributed by atoms with Crippen LogP contribution in [-0.2, 0) is 4.43 Å². The van der Waals surface area contributed by atoms with Gasteiger partial charge in [-0.2, -0.15) is 5.26 Å². The van der Waals surface area contributed by atoms with E-state index in [2.05, 4.69) is 25.7 Å². The van der Waals surface area contributed by atoms with E-state index in [0.717, 1.165) is 11.3 Å². The van der Waals surface area contributed by atoms with Crippen molar-refractivity contribution >= 4 is 8.32 Å². The highest BCUT2D eigenvalue weighted by molar-refractivity contribution is 6.69. The van der Waals surface area contributed by atoms with Crippen molar-refractivity contribution in [2.24, 2.45) is 0 Å². The molecule has 4 nitrogen and oxygen atoms in total. The molecule has 17 heavy (non-hydrogen) atoms. The molecule has 5 heteroatoms.